The topological polar surface area (TPSA) is 120 Å². The number of ketones is 1. The van der Waals surface area contributed by atoms with Crippen LogP contribution >= 0.6 is 22.9 Å². The monoisotopic (exact) mass is 754 g/mol. The van der Waals surface area contributed by atoms with Gasteiger partial charge in [0.25, 0.3) is 15.9 Å². The minimum Gasteiger partial charge on any atom is -0.493 e. The molecule has 15 heteroatoms. The van der Waals surface area contributed by atoms with E-state index in [0.29, 0.717) is 23.7 Å². The number of nitrogens with zero attached hydrogens (tertiary/aromatic N) is 2. The number of hydrogen-bond acceptors (Lipinski definition) is 9. The molecule has 5 aromatic rings. The molecule has 0 radical (unpaired) electrons. The smallest absolute Gasteiger partial charge is 0.343 e. The summed E-state index contributed by atoms with van der Waals surface area (Å²) in [7, 11) is -0.431. The first-order valence-corrected chi connectivity index (χ1v) is 17.7. The molecule has 5 rings (SSSR count). The maximum atomic E-state index is 14.9. The Labute approximate surface area is 301 Å². The zero-order valence-corrected chi connectivity index (χ0v) is 29.9. The fraction of sp³-hybridized carbons (Fsp3) is 0.139. The molecule has 0 unspecified atom stereocenters. The zero-order chi connectivity index (χ0) is 37.0. The number of anilines is 2. The predicted molar refractivity (Wildman–Crippen MR) is 189 cm³/mol. The summed E-state index contributed by atoms with van der Waals surface area (Å²) in [6, 6.07) is 19.9. The molecule has 1 heterocycles. The SMILES string of the molecule is CCOc1ccc(N(C)S(=O)(=O)c2cc(Cl)sc2C(=O)N(C)c2cc(F)cc(C(=O)Oc3ccc(C(=O)c4ccccc4)c(F)c3)c2)cc1OC. The Morgan fingerprint density at radius 3 is 2.24 bits per heavy atom. The Kier molecular flexibility index (Phi) is 11.1. The number of benzene rings is 4. The highest BCUT2D eigenvalue weighted by atomic mass is 35.5. The molecule has 0 spiro atoms. The first kappa shape index (κ1) is 37.0. The molecule has 1 amide bonds. The molecule has 51 heavy (non-hydrogen) atoms. The van der Waals surface area contributed by atoms with Crippen molar-refractivity contribution >= 4 is 62.0 Å². The van der Waals surface area contributed by atoms with E-state index in [1.807, 2.05) is 0 Å². The molecule has 0 aliphatic heterocycles. The summed E-state index contributed by atoms with van der Waals surface area (Å²) >= 11 is 6.92. The van der Waals surface area contributed by atoms with E-state index in [1.54, 1.807) is 31.2 Å². The van der Waals surface area contributed by atoms with E-state index in [1.165, 1.54) is 57.6 Å². The average molecular weight is 755 g/mol. The quantitative estimate of drug-likeness (QED) is 0.0725. The van der Waals surface area contributed by atoms with E-state index in [9.17, 15) is 31.6 Å². The van der Waals surface area contributed by atoms with Crippen LogP contribution in [0.3, 0.4) is 0 Å². The number of halogens is 3. The van der Waals surface area contributed by atoms with Crippen molar-refractivity contribution in [3.8, 4) is 17.2 Å². The molecule has 0 bridgehead atoms. The van der Waals surface area contributed by atoms with Crippen LogP contribution in [0.25, 0.3) is 0 Å². The molecular formula is C36H29ClF2N2O8S2. The molecular weight excluding hydrogens is 726 g/mol. The van der Waals surface area contributed by atoms with Crippen molar-refractivity contribution in [1.29, 1.82) is 0 Å². The van der Waals surface area contributed by atoms with Crippen LogP contribution in [0.4, 0.5) is 20.2 Å². The molecule has 0 aliphatic rings. The second-order valence-electron chi connectivity index (χ2n) is 10.8. The summed E-state index contributed by atoms with van der Waals surface area (Å²) in [5.41, 5.74) is -0.235. The van der Waals surface area contributed by atoms with Crippen LogP contribution in [0.15, 0.2) is 95.9 Å². The Morgan fingerprint density at radius 2 is 1.57 bits per heavy atom. The second-order valence-corrected chi connectivity index (χ2v) is 14.4. The van der Waals surface area contributed by atoms with Gasteiger partial charge in [0, 0.05) is 37.5 Å². The third-order valence-corrected chi connectivity index (χ3v) is 10.7. The van der Waals surface area contributed by atoms with Crippen LogP contribution in [-0.2, 0) is 10.0 Å². The summed E-state index contributed by atoms with van der Waals surface area (Å²) in [6.45, 7) is 2.15. The molecule has 0 saturated carbocycles. The Bertz CT molecular complexity index is 2250. The Hall–Kier alpha value is -5.31. The molecule has 1 aromatic heterocycles. The van der Waals surface area contributed by atoms with Crippen LogP contribution in [0, 0.1) is 11.6 Å². The van der Waals surface area contributed by atoms with Gasteiger partial charge in [-0.15, -0.1) is 11.3 Å². The van der Waals surface area contributed by atoms with Gasteiger partial charge in [-0.2, -0.15) is 0 Å². The van der Waals surface area contributed by atoms with Crippen molar-refractivity contribution in [3.63, 3.8) is 0 Å². The molecule has 0 N–H and O–H groups in total. The highest BCUT2D eigenvalue weighted by molar-refractivity contribution is 7.93. The zero-order valence-electron chi connectivity index (χ0n) is 27.5. The standard InChI is InChI=1S/C36H29ClF2N2O8S2/c1-5-48-29-14-11-24(18-30(29)47-4)41(3)51(45,46)31-20-32(37)50-34(31)35(43)40(2)25-16-22(15-23(38)17-25)36(44)49-26-12-13-27(28(39)19-26)33(42)21-9-7-6-8-10-21/h6-20H,5H2,1-4H3. The van der Waals surface area contributed by atoms with Crippen molar-refractivity contribution in [1.82, 2.24) is 0 Å². The van der Waals surface area contributed by atoms with Gasteiger partial charge in [0.05, 0.1) is 34.9 Å². The normalized spacial score (nSPS) is 11.1. The largest absolute Gasteiger partial charge is 0.493 e. The Balaban J connectivity index is 1.38. The van der Waals surface area contributed by atoms with Gasteiger partial charge in [0.2, 0.25) is 0 Å². The lowest BCUT2D eigenvalue weighted by Crippen LogP contribution is -2.31. The van der Waals surface area contributed by atoms with Crippen LogP contribution in [0.5, 0.6) is 17.2 Å². The number of amides is 1. The predicted octanol–water partition coefficient (Wildman–Crippen LogP) is 7.64. The lowest BCUT2D eigenvalue weighted by atomic mass is 10.0. The second kappa shape index (κ2) is 15.3. The molecule has 0 atom stereocenters. The van der Waals surface area contributed by atoms with Gasteiger partial charge in [-0.1, -0.05) is 41.9 Å². The maximum Gasteiger partial charge on any atom is 0.343 e. The van der Waals surface area contributed by atoms with Crippen LogP contribution < -0.4 is 23.4 Å². The number of methoxy groups -OCH3 is 1. The van der Waals surface area contributed by atoms with Gasteiger partial charge in [-0.3, -0.25) is 13.9 Å². The van der Waals surface area contributed by atoms with Gasteiger partial charge < -0.3 is 19.1 Å². The van der Waals surface area contributed by atoms with Crippen molar-refractivity contribution < 1.29 is 45.8 Å². The number of ether oxygens (including phenoxy) is 3. The highest BCUT2D eigenvalue weighted by Crippen LogP contribution is 2.37. The molecule has 0 fully saturated rings. The van der Waals surface area contributed by atoms with Crippen LogP contribution in [0.2, 0.25) is 4.34 Å². The molecule has 4 aromatic carbocycles. The van der Waals surface area contributed by atoms with E-state index in [2.05, 4.69) is 0 Å². The number of hydrogen-bond donors (Lipinski definition) is 0. The summed E-state index contributed by atoms with van der Waals surface area (Å²) in [4.78, 5) is 39.7. The van der Waals surface area contributed by atoms with Crippen molar-refractivity contribution in [2.24, 2.45) is 0 Å². The molecule has 264 valence electrons. The Morgan fingerprint density at radius 1 is 0.843 bits per heavy atom. The third kappa shape index (κ3) is 7.88. The average Bonchev–Trinajstić information content (AvgIpc) is 3.53. The number of sulfonamides is 1. The van der Waals surface area contributed by atoms with E-state index < -0.39 is 44.2 Å². The number of rotatable bonds is 12. The summed E-state index contributed by atoms with van der Waals surface area (Å²) in [6.07, 6.45) is 0. The van der Waals surface area contributed by atoms with E-state index in [-0.39, 0.29) is 48.8 Å². The van der Waals surface area contributed by atoms with Crippen LogP contribution in [-0.4, -0.2) is 53.9 Å². The van der Waals surface area contributed by atoms with Crippen molar-refractivity contribution in [2.45, 2.75) is 11.8 Å². The fourth-order valence-corrected chi connectivity index (χ4v) is 7.86. The number of carbonyl (C=O) groups is 3. The van der Waals surface area contributed by atoms with E-state index in [0.717, 1.165) is 39.5 Å². The fourth-order valence-electron chi connectivity index (χ4n) is 4.91. The van der Waals surface area contributed by atoms with Gasteiger partial charge in [0.1, 0.15) is 27.2 Å². The van der Waals surface area contributed by atoms with Gasteiger partial charge in [-0.25, -0.2) is 22.0 Å². The molecule has 0 aliphatic carbocycles. The number of thiophene rings is 1. The molecule has 10 nitrogen and oxygen atoms in total. The maximum absolute atomic E-state index is 14.9. The summed E-state index contributed by atoms with van der Waals surface area (Å²) in [5, 5.41) is 0. The highest BCUT2D eigenvalue weighted by Gasteiger charge is 2.32. The van der Waals surface area contributed by atoms with E-state index >= 15 is 0 Å². The minimum atomic E-state index is -4.39. The lowest BCUT2D eigenvalue weighted by molar-refractivity contribution is 0.0733. The summed E-state index contributed by atoms with van der Waals surface area (Å²) in [5.74, 6) is -3.95. The lowest BCUT2D eigenvalue weighted by Gasteiger charge is -2.22. The van der Waals surface area contributed by atoms with Crippen LogP contribution in [0.1, 0.15) is 42.9 Å². The van der Waals surface area contributed by atoms with Crippen molar-refractivity contribution in [2.75, 3.05) is 37.0 Å². The molecule has 0 saturated heterocycles. The van der Waals surface area contributed by atoms with Gasteiger partial charge in [-0.05, 0) is 55.5 Å². The first-order chi connectivity index (χ1) is 24.2. The first-order valence-electron chi connectivity index (χ1n) is 15.0. The minimum absolute atomic E-state index is 0.00442. The van der Waals surface area contributed by atoms with Gasteiger partial charge >= 0.3 is 5.97 Å². The van der Waals surface area contributed by atoms with Gasteiger partial charge in [0.15, 0.2) is 17.3 Å². The number of carbonyl (C=O) groups excluding carboxylic acids is 3. The third-order valence-electron chi connectivity index (χ3n) is 7.55. The van der Waals surface area contributed by atoms with E-state index in [4.69, 9.17) is 25.8 Å². The number of esters is 1. The summed E-state index contributed by atoms with van der Waals surface area (Å²) < 4.78 is 74.4. The van der Waals surface area contributed by atoms with Crippen molar-refractivity contribution in [3.05, 3.63) is 129 Å².